The molecule has 0 N–H and O–H groups in total. The fourth-order valence-corrected chi connectivity index (χ4v) is 8.91. The first kappa shape index (κ1) is 35.5. The van der Waals surface area contributed by atoms with E-state index in [2.05, 4.69) is 162 Å². The lowest BCUT2D eigenvalue weighted by molar-refractivity contribution is 0.669. The Hall–Kier alpha value is -8.41. The third kappa shape index (κ3) is 6.06. The Morgan fingerprint density at radius 3 is 1.35 bits per heavy atom. The van der Waals surface area contributed by atoms with Gasteiger partial charge in [0.25, 0.3) is 0 Å². The summed E-state index contributed by atoms with van der Waals surface area (Å²) in [5.74, 6) is 1.94. The molecule has 0 amide bonds. The van der Waals surface area contributed by atoms with Crippen LogP contribution in [-0.4, -0.2) is 19.5 Å². The average Bonchev–Trinajstić information content (AvgIpc) is 3.90. The Morgan fingerprint density at radius 1 is 0.306 bits per heavy atom. The highest BCUT2D eigenvalue weighted by molar-refractivity contribution is 6.15. The van der Waals surface area contributed by atoms with Crippen molar-refractivity contribution in [3.8, 4) is 73.2 Å². The second kappa shape index (κ2) is 14.7. The van der Waals surface area contributed by atoms with Crippen molar-refractivity contribution in [2.45, 2.75) is 0 Å². The zero-order chi connectivity index (χ0) is 41.0. The van der Waals surface area contributed by atoms with Crippen LogP contribution < -0.4 is 0 Å². The number of rotatable bonds is 7. The zero-order valence-corrected chi connectivity index (χ0v) is 33.5. The fraction of sp³-hybridized carbons (Fsp3) is 0. The van der Waals surface area contributed by atoms with Crippen molar-refractivity contribution in [2.75, 3.05) is 0 Å². The lowest BCUT2D eigenvalue weighted by Crippen LogP contribution is -2.00. The maximum absolute atomic E-state index is 6.63. The van der Waals surface area contributed by atoms with Crippen LogP contribution in [0.1, 0.15) is 0 Å². The molecule has 0 atom stereocenters. The molecule has 0 spiro atoms. The minimum atomic E-state index is 0.639. The third-order valence-electron chi connectivity index (χ3n) is 11.9. The van der Waals surface area contributed by atoms with Gasteiger partial charge < -0.3 is 8.98 Å². The summed E-state index contributed by atoms with van der Waals surface area (Å²) in [6.45, 7) is 0. The summed E-state index contributed by atoms with van der Waals surface area (Å²) in [6, 6.07) is 76.3. The molecule has 0 fully saturated rings. The molecule has 0 aliphatic heterocycles. The van der Waals surface area contributed by atoms with Crippen LogP contribution >= 0.6 is 0 Å². The number of nitrogens with zero attached hydrogens (tertiary/aromatic N) is 4. The van der Waals surface area contributed by atoms with Gasteiger partial charge in [0, 0.05) is 43.8 Å². The van der Waals surface area contributed by atoms with E-state index in [0.717, 1.165) is 77.7 Å². The van der Waals surface area contributed by atoms with Gasteiger partial charge in [-0.2, -0.15) is 0 Å². The van der Waals surface area contributed by atoms with Crippen LogP contribution in [0.15, 0.2) is 223 Å². The molecule has 12 aromatic rings. The summed E-state index contributed by atoms with van der Waals surface area (Å²) in [5.41, 5.74) is 14.8. The van der Waals surface area contributed by atoms with Crippen molar-refractivity contribution in [2.24, 2.45) is 0 Å². The highest BCUT2D eigenvalue weighted by atomic mass is 16.3. The molecule has 12 rings (SSSR count). The highest BCUT2D eigenvalue weighted by Gasteiger charge is 2.19. The van der Waals surface area contributed by atoms with E-state index in [9.17, 15) is 0 Å². The highest BCUT2D eigenvalue weighted by Crippen LogP contribution is 2.42. The van der Waals surface area contributed by atoms with Gasteiger partial charge in [0.15, 0.2) is 17.5 Å². The van der Waals surface area contributed by atoms with Gasteiger partial charge >= 0.3 is 0 Å². The van der Waals surface area contributed by atoms with Crippen LogP contribution in [0.4, 0.5) is 0 Å². The topological polar surface area (TPSA) is 56.7 Å². The van der Waals surface area contributed by atoms with Crippen molar-refractivity contribution in [3.63, 3.8) is 0 Å². The molecule has 62 heavy (non-hydrogen) atoms. The largest absolute Gasteiger partial charge is 0.456 e. The van der Waals surface area contributed by atoms with Crippen molar-refractivity contribution in [1.29, 1.82) is 0 Å². The minimum absolute atomic E-state index is 0.639. The smallest absolute Gasteiger partial charge is 0.164 e. The Bertz CT molecular complexity index is 3500. The number of para-hydroxylation sites is 3. The molecular weight excluding hydrogens is 757 g/mol. The van der Waals surface area contributed by atoms with Gasteiger partial charge in [-0.05, 0) is 64.2 Å². The zero-order valence-electron chi connectivity index (χ0n) is 33.5. The van der Waals surface area contributed by atoms with Gasteiger partial charge in [0.05, 0.1) is 16.7 Å². The van der Waals surface area contributed by atoms with Gasteiger partial charge in [-0.3, -0.25) is 0 Å². The molecule has 0 unspecified atom stereocenters. The number of benzene rings is 9. The predicted molar refractivity (Wildman–Crippen MR) is 254 cm³/mol. The van der Waals surface area contributed by atoms with Gasteiger partial charge in [-0.1, -0.05) is 182 Å². The van der Waals surface area contributed by atoms with E-state index in [1.54, 1.807) is 0 Å². The van der Waals surface area contributed by atoms with Crippen LogP contribution in [0.2, 0.25) is 0 Å². The van der Waals surface area contributed by atoms with Gasteiger partial charge in [0.1, 0.15) is 11.2 Å². The summed E-state index contributed by atoms with van der Waals surface area (Å²) in [7, 11) is 0. The van der Waals surface area contributed by atoms with E-state index in [0.29, 0.717) is 17.5 Å². The van der Waals surface area contributed by atoms with Crippen molar-refractivity contribution < 1.29 is 4.42 Å². The SMILES string of the molecule is c1ccc(-c2nc(-c3ccccc3)nc(-c3ccc(-c4ccc(-c5ccc6c(c5)oc5cccc(-c7ccccc7-n7c8ccccc8c8ccccc87)c56)cc4)cc3)n2)cc1. The molecule has 0 aliphatic rings. The lowest BCUT2D eigenvalue weighted by atomic mass is 9.96. The number of furan rings is 1. The second-order valence-corrected chi connectivity index (χ2v) is 15.6. The first-order chi connectivity index (χ1) is 30.7. The molecular formula is C57H36N4O. The van der Waals surface area contributed by atoms with Crippen LogP contribution in [0.25, 0.3) is 117 Å². The quantitative estimate of drug-likeness (QED) is 0.161. The van der Waals surface area contributed by atoms with E-state index in [1.165, 1.54) is 21.8 Å². The molecule has 0 aliphatic carbocycles. The van der Waals surface area contributed by atoms with E-state index >= 15 is 0 Å². The van der Waals surface area contributed by atoms with Gasteiger partial charge in [0.2, 0.25) is 0 Å². The van der Waals surface area contributed by atoms with E-state index in [-0.39, 0.29) is 0 Å². The monoisotopic (exact) mass is 792 g/mol. The molecule has 0 bridgehead atoms. The standard InChI is InChI=1S/C57H36N4O/c1-3-14-40(15-4-1)55-58-56(41-16-5-2-6-17-41)60-57(59-55)42-32-30-38(31-33-42)37-26-28-39(29-27-37)43-34-35-48-53(36-43)62-52-25-13-21-47(54(48)52)46-20-9-12-24-51(46)61-49-22-10-7-18-44(49)45-19-8-11-23-50(45)61/h1-36H. The van der Waals surface area contributed by atoms with Gasteiger partial charge in [-0.25, -0.2) is 15.0 Å². The van der Waals surface area contributed by atoms with E-state index in [1.807, 2.05) is 60.7 Å². The summed E-state index contributed by atoms with van der Waals surface area (Å²) in [4.78, 5) is 14.7. The Kier molecular flexibility index (Phi) is 8.42. The summed E-state index contributed by atoms with van der Waals surface area (Å²) in [5, 5.41) is 4.70. The Labute approximate surface area is 357 Å². The maximum atomic E-state index is 6.63. The molecule has 5 heteroatoms. The van der Waals surface area contributed by atoms with Crippen molar-refractivity contribution in [3.05, 3.63) is 218 Å². The first-order valence-corrected chi connectivity index (χ1v) is 20.8. The van der Waals surface area contributed by atoms with Gasteiger partial charge in [-0.15, -0.1) is 0 Å². The molecule has 3 heterocycles. The summed E-state index contributed by atoms with van der Waals surface area (Å²) >= 11 is 0. The van der Waals surface area contributed by atoms with Crippen molar-refractivity contribution >= 4 is 43.7 Å². The second-order valence-electron chi connectivity index (χ2n) is 15.6. The summed E-state index contributed by atoms with van der Waals surface area (Å²) < 4.78 is 9.03. The molecule has 3 aromatic heterocycles. The fourth-order valence-electron chi connectivity index (χ4n) is 8.91. The maximum Gasteiger partial charge on any atom is 0.164 e. The molecule has 290 valence electrons. The predicted octanol–water partition coefficient (Wildman–Crippen LogP) is 14.9. The van der Waals surface area contributed by atoms with Crippen LogP contribution in [-0.2, 0) is 0 Å². The third-order valence-corrected chi connectivity index (χ3v) is 11.9. The Balaban J connectivity index is 0.865. The molecule has 0 saturated heterocycles. The molecule has 5 nitrogen and oxygen atoms in total. The molecule has 0 radical (unpaired) electrons. The number of hydrogen-bond acceptors (Lipinski definition) is 4. The normalized spacial score (nSPS) is 11.5. The molecule has 0 saturated carbocycles. The number of hydrogen-bond donors (Lipinski definition) is 0. The van der Waals surface area contributed by atoms with E-state index < -0.39 is 0 Å². The minimum Gasteiger partial charge on any atom is -0.456 e. The van der Waals surface area contributed by atoms with Crippen LogP contribution in [0.3, 0.4) is 0 Å². The summed E-state index contributed by atoms with van der Waals surface area (Å²) in [6.07, 6.45) is 0. The van der Waals surface area contributed by atoms with Crippen molar-refractivity contribution in [1.82, 2.24) is 19.5 Å². The first-order valence-electron chi connectivity index (χ1n) is 20.8. The lowest BCUT2D eigenvalue weighted by Gasteiger charge is -2.14. The number of fused-ring (bicyclic) bond motifs is 6. The van der Waals surface area contributed by atoms with Crippen LogP contribution in [0, 0.1) is 0 Å². The number of aromatic nitrogens is 4. The average molecular weight is 793 g/mol. The van der Waals surface area contributed by atoms with E-state index in [4.69, 9.17) is 19.4 Å². The Morgan fingerprint density at radius 2 is 0.758 bits per heavy atom. The van der Waals surface area contributed by atoms with Crippen LogP contribution in [0.5, 0.6) is 0 Å². The molecule has 9 aromatic carbocycles.